The third kappa shape index (κ3) is 7.68. The van der Waals surface area contributed by atoms with Gasteiger partial charge in [0, 0.05) is 47.7 Å². The van der Waals surface area contributed by atoms with Crippen LogP contribution in [0.1, 0.15) is 38.7 Å². The van der Waals surface area contributed by atoms with Crippen LogP contribution in [0.25, 0.3) is 0 Å². The van der Waals surface area contributed by atoms with Gasteiger partial charge in [0.25, 0.3) is 0 Å². The quantitative estimate of drug-likeness (QED) is 0.399. The molecule has 1 aliphatic rings. The summed E-state index contributed by atoms with van der Waals surface area (Å²) in [5, 5.41) is 3.59. The number of halogens is 2. The van der Waals surface area contributed by atoms with E-state index in [2.05, 4.69) is 5.32 Å². The molecule has 2 amide bonds. The predicted molar refractivity (Wildman–Crippen MR) is 149 cm³/mol. The number of nitrogens with one attached hydrogen (secondary N) is 1. The fourth-order valence-corrected chi connectivity index (χ4v) is 5.50. The molecular formula is C26H33Cl2N3O6S. The van der Waals surface area contributed by atoms with E-state index in [1.165, 1.54) is 9.21 Å². The minimum Gasteiger partial charge on any atom is -0.486 e. The molecule has 1 N–H and O–H groups in total. The van der Waals surface area contributed by atoms with Gasteiger partial charge >= 0.3 is 0 Å². The smallest absolute Gasteiger partial charge is 0.242 e. The maximum atomic E-state index is 13.4. The van der Waals surface area contributed by atoms with Crippen molar-refractivity contribution in [3.8, 4) is 11.5 Å². The molecule has 0 unspecified atom stereocenters. The summed E-state index contributed by atoms with van der Waals surface area (Å²) in [6.45, 7) is 4.96. The number of hydrogen-bond acceptors (Lipinski definition) is 6. The predicted octanol–water partition coefficient (Wildman–Crippen LogP) is 4.25. The number of carbonyl (C=O) groups excluding carboxylic acids is 2. The minimum absolute atomic E-state index is 0.00401. The van der Waals surface area contributed by atoms with E-state index in [9.17, 15) is 18.0 Å². The van der Waals surface area contributed by atoms with Gasteiger partial charge in [0.05, 0.1) is 11.9 Å². The second-order valence-corrected chi connectivity index (χ2v) is 11.7. The Kier molecular flexibility index (Phi) is 10.5. The van der Waals surface area contributed by atoms with E-state index in [4.69, 9.17) is 32.7 Å². The molecule has 0 aromatic heterocycles. The van der Waals surface area contributed by atoms with Crippen LogP contribution in [-0.4, -0.2) is 63.7 Å². The fourth-order valence-electron chi connectivity index (χ4n) is 4.02. The summed E-state index contributed by atoms with van der Waals surface area (Å²) in [5.41, 5.74) is 0.949. The molecular weight excluding hydrogens is 553 g/mol. The Morgan fingerprint density at radius 2 is 1.74 bits per heavy atom. The Bertz CT molecular complexity index is 1240. The van der Waals surface area contributed by atoms with Gasteiger partial charge in [0.2, 0.25) is 21.8 Å². The summed E-state index contributed by atoms with van der Waals surface area (Å²) in [5.74, 6) is 0.397. The van der Waals surface area contributed by atoms with Crippen LogP contribution in [0.4, 0.5) is 5.69 Å². The molecule has 0 aliphatic carbocycles. The second kappa shape index (κ2) is 13.4. The summed E-state index contributed by atoms with van der Waals surface area (Å²) in [4.78, 5) is 27.6. The number of nitrogens with zero attached hydrogens (tertiary/aromatic N) is 2. The Morgan fingerprint density at radius 3 is 2.37 bits per heavy atom. The van der Waals surface area contributed by atoms with E-state index in [-0.39, 0.29) is 37.7 Å². The highest BCUT2D eigenvalue weighted by Crippen LogP contribution is 2.35. The first-order valence-electron chi connectivity index (χ1n) is 12.4. The lowest BCUT2D eigenvalue weighted by atomic mass is 10.1. The normalized spacial score (nSPS) is 13.5. The molecule has 1 aliphatic heterocycles. The van der Waals surface area contributed by atoms with Crippen molar-refractivity contribution in [1.29, 1.82) is 0 Å². The zero-order chi connectivity index (χ0) is 27.9. The molecule has 0 saturated carbocycles. The molecule has 12 heteroatoms. The lowest BCUT2D eigenvalue weighted by Gasteiger charge is -2.30. The SMILES string of the molecule is CCCNC(=O)[C@@H](C)N(Cc1c(Cl)cccc1Cl)C(=O)CCCN(c1ccc2c(c1)OCCO2)S(C)(=O)=O. The van der Waals surface area contributed by atoms with Gasteiger partial charge in [-0.3, -0.25) is 13.9 Å². The standard InChI is InChI=1S/C26H33Cl2N3O6S/c1-4-12-29-26(33)18(2)30(17-20-21(27)7-5-8-22(20)28)25(32)9-6-13-31(38(3,34)35)19-10-11-23-24(16-19)37-15-14-36-23/h5,7-8,10-11,16,18H,4,6,9,12-15,17H2,1-3H3,(H,29,33)/t18-/m1/s1. The largest absolute Gasteiger partial charge is 0.486 e. The maximum Gasteiger partial charge on any atom is 0.242 e. The molecule has 2 aromatic carbocycles. The van der Waals surface area contributed by atoms with Crippen LogP contribution in [0.5, 0.6) is 11.5 Å². The van der Waals surface area contributed by atoms with Gasteiger partial charge in [-0.25, -0.2) is 8.42 Å². The van der Waals surface area contributed by atoms with Crippen molar-refractivity contribution in [2.45, 2.75) is 45.7 Å². The molecule has 0 spiro atoms. The zero-order valence-corrected chi connectivity index (χ0v) is 24.0. The summed E-state index contributed by atoms with van der Waals surface area (Å²) in [7, 11) is -3.65. The highest BCUT2D eigenvalue weighted by atomic mass is 35.5. The third-order valence-corrected chi connectivity index (χ3v) is 7.97. The molecule has 0 saturated heterocycles. The number of amides is 2. The summed E-state index contributed by atoms with van der Waals surface area (Å²) in [6, 6.07) is 9.18. The minimum atomic E-state index is -3.65. The van der Waals surface area contributed by atoms with Crippen molar-refractivity contribution < 1.29 is 27.5 Å². The maximum absolute atomic E-state index is 13.4. The monoisotopic (exact) mass is 585 g/mol. The van der Waals surface area contributed by atoms with Crippen molar-refractivity contribution in [3.05, 3.63) is 52.0 Å². The summed E-state index contributed by atoms with van der Waals surface area (Å²) in [6.07, 6.45) is 2.09. The second-order valence-electron chi connectivity index (χ2n) is 8.96. The van der Waals surface area contributed by atoms with Gasteiger partial charge in [0.15, 0.2) is 11.5 Å². The number of carbonyl (C=O) groups is 2. The number of hydrogen-bond donors (Lipinski definition) is 1. The van der Waals surface area contributed by atoms with Crippen LogP contribution >= 0.6 is 23.2 Å². The Hall–Kier alpha value is -2.69. The van der Waals surface area contributed by atoms with Gasteiger partial charge in [-0.05, 0) is 44.0 Å². The van der Waals surface area contributed by atoms with E-state index >= 15 is 0 Å². The zero-order valence-electron chi connectivity index (χ0n) is 21.7. The molecule has 2 aromatic rings. The molecule has 9 nitrogen and oxygen atoms in total. The van der Waals surface area contributed by atoms with E-state index in [0.29, 0.717) is 52.6 Å². The van der Waals surface area contributed by atoms with Crippen LogP contribution in [0.15, 0.2) is 36.4 Å². The van der Waals surface area contributed by atoms with Crippen molar-refractivity contribution in [1.82, 2.24) is 10.2 Å². The number of anilines is 1. The molecule has 0 radical (unpaired) electrons. The topological polar surface area (TPSA) is 105 Å². The molecule has 208 valence electrons. The van der Waals surface area contributed by atoms with Gasteiger partial charge in [0.1, 0.15) is 19.3 Å². The average Bonchev–Trinajstić information content (AvgIpc) is 2.88. The average molecular weight is 587 g/mol. The lowest BCUT2D eigenvalue weighted by Crippen LogP contribution is -2.48. The Labute approximate surface area is 234 Å². The number of benzene rings is 2. The first-order chi connectivity index (χ1) is 18.0. The number of ether oxygens (including phenoxy) is 2. The van der Waals surface area contributed by atoms with Crippen molar-refractivity contribution in [2.75, 3.05) is 36.9 Å². The number of fused-ring (bicyclic) bond motifs is 1. The molecule has 0 fully saturated rings. The van der Waals surface area contributed by atoms with Gasteiger partial charge in [-0.2, -0.15) is 0 Å². The fraction of sp³-hybridized carbons (Fsp3) is 0.462. The van der Waals surface area contributed by atoms with Gasteiger partial charge in [-0.1, -0.05) is 36.2 Å². The van der Waals surface area contributed by atoms with E-state index < -0.39 is 16.1 Å². The van der Waals surface area contributed by atoms with Crippen LogP contribution in [0, 0.1) is 0 Å². The molecule has 3 rings (SSSR count). The van der Waals surface area contributed by atoms with Crippen LogP contribution in [-0.2, 0) is 26.2 Å². The van der Waals surface area contributed by atoms with Crippen molar-refractivity contribution in [2.24, 2.45) is 0 Å². The lowest BCUT2D eigenvalue weighted by molar-refractivity contribution is -0.140. The van der Waals surface area contributed by atoms with Crippen LogP contribution < -0.4 is 19.1 Å². The number of sulfonamides is 1. The Balaban J connectivity index is 1.76. The van der Waals surface area contributed by atoms with E-state index in [0.717, 1.165) is 12.7 Å². The van der Waals surface area contributed by atoms with Gasteiger partial charge < -0.3 is 19.7 Å². The first kappa shape index (κ1) is 29.9. The molecule has 1 heterocycles. The summed E-state index contributed by atoms with van der Waals surface area (Å²) >= 11 is 12.7. The van der Waals surface area contributed by atoms with Crippen molar-refractivity contribution >= 4 is 50.7 Å². The van der Waals surface area contributed by atoms with Gasteiger partial charge in [-0.15, -0.1) is 0 Å². The molecule has 0 bridgehead atoms. The first-order valence-corrected chi connectivity index (χ1v) is 15.0. The van der Waals surface area contributed by atoms with Crippen LogP contribution in [0.2, 0.25) is 10.0 Å². The third-order valence-electron chi connectivity index (χ3n) is 6.07. The van der Waals surface area contributed by atoms with Crippen molar-refractivity contribution in [3.63, 3.8) is 0 Å². The highest BCUT2D eigenvalue weighted by molar-refractivity contribution is 7.92. The molecule has 38 heavy (non-hydrogen) atoms. The number of rotatable bonds is 12. The van der Waals surface area contributed by atoms with E-state index in [1.54, 1.807) is 43.3 Å². The molecule has 1 atom stereocenters. The van der Waals surface area contributed by atoms with Crippen LogP contribution in [0.3, 0.4) is 0 Å². The van der Waals surface area contributed by atoms with E-state index in [1.807, 2.05) is 6.92 Å². The Morgan fingerprint density at radius 1 is 1.08 bits per heavy atom. The highest BCUT2D eigenvalue weighted by Gasteiger charge is 2.28. The summed E-state index contributed by atoms with van der Waals surface area (Å²) < 4.78 is 37.5.